The van der Waals surface area contributed by atoms with Crippen LogP contribution in [0.1, 0.15) is 22.8 Å². The van der Waals surface area contributed by atoms with Crippen molar-refractivity contribution in [3.63, 3.8) is 0 Å². The van der Waals surface area contributed by atoms with Crippen molar-refractivity contribution < 1.29 is 4.39 Å². The first-order chi connectivity index (χ1) is 12.7. The molecule has 0 saturated carbocycles. The number of pyridine rings is 1. The topological polar surface area (TPSA) is 61.4 Å². The largest absolute Gasteiger partial charge is 0.300 e. The van der Waals surface area contributed by atoms with Crippen LogP contribution in [0.4, 0.5) is 4.39 Å². The molecule has 26 heavy (non-hydrogen) atoms. The van der Waals surface area contributed by atoms with Gasteiger partial charge in [0.2, 0.25) is 0 Å². The summed E-state index contributed by atoms with van der Waals surface area (Å²) in [6.45, 7) is 2.50. The van der Waals surface area contributed by atoms with Gasteiger partial charge in [-0.05, 0) is 36.8 Å². The monoisotopic (exact) mass is 346 g/mol. The highest BCUT2D eigenvalue weighted by Crippen LogP contribution is 2.32. The van der Waals surface area contributed by atoms with Gasteiger partial charge in [-0.1, -0.05) is 6.07 Å². The molecule has 0 unspecified atom stereocenters. The Bertz CT molecular complexity index is 1110. The van der Waals surface area contributed by atoms with Crippen LogP contribution >= 0.6 is 0 Å². The van der Waals surface area contributed by atoms with E-state index in [0.717, 1.165) is 22.6 Å². The molecule has 1 aliphatic rings. The average molecular weight is 346 g/mol. The molecular formula is C19H15FN6. The number of imidazole rings is 1. The highest BCUT2D eigenvalue weighted by Gasteiger charge is 2.24. The van der Waals surface area contributed by atoms with Gasteiger partial charge in [-0.25, -0.2) is 19.0 Å². The van der Waals surface area contributed by atoms with E-state index in [9.17, 15) is 4.39 Å². The zero-order valence-electron chi connectivity index (χ0n) is 14.1. The minimum Gasteiger partial charge on any atom is -0.300 e. The van der Waals surface area contributed by atoms with Gasteiger partial charge in [-0.3, -0.25) is 4.98 Å². The second-order valence-corrected chi connectivity index (χ2v) is 6.36. The smallest absolute Gasteiger partial charge is 0.161 e. The number of benzene rings is 1. The van der Waals surface area contributed by atoms with Crippen LogP contribution in [-0.4, -0.2) is 29.3 Å². The lowest BCUT2D eigenvalue weighted by atomic mass is 10.1. The summed E-state index contributed by atoms with van der Waals surface area (Å²) in [5.41, 5.74) is 4.56. The summed E-state index contributed by atoms with van der Waals surface area (Å²) in [7, 11) is 0. The summed E-state index contributed by atoms with van der Waals surface area (Å²) in [5, 5.41) is 4.67. The quantitative estimate of drug-likeness (QED) is 0.493. The van der Waals surface area contributed by atoms with Crippen molar-refractivity contribution in [3.8, 4) is 17.1 Å². The van der Waals surface area contributed by atoms with Gasteiger partial charge < -0.3 is 4.57 Å². The maximum atomic E-state index is 14.0. The second-order valence-electron chi connectivity index (χ2n) is 6.36. The molecule has 4 aromatic rings. The summed E-state index contributed by atoms with van der Waals surface area (Å²) in [4.78, 5) is 13.2. The Morgan fingerprint density at radius 2 is 2.15 bits per heavy atom. The van der Waals surface area contributed by atoms with Gasteiger partial charge in [-0.2, -0.15) is 5.10 Å². The third-order valence-electron chi connectivity index (χ3n) is 4.63. The Morgan fingerprint density at radius 1 is 1.23 bits per heavy atom. The van der Waals surface area contributed by atoms with Crippen LogP contribution in [0, 0.1) is 12.7 Å². The van der Waals surface area contributed by atoms with Crippen LogP contribution in [0.2, 0.25) is 0 Å². The lowest BCUT2D eigenvalue weighted by Gasteiger charge is -2.08. The molecule has 128 valence electrons. The predicted molar refractivity (Wildman–Crippen MR) is 93.4 cm³/mol. The first-order valence-corrected chi connectivity index (χ1v) is 8.35. The van der Waals surface area contributed by atoms with Gasteiger partial charge in [0.25, 0.3) is 0 Å². The summed E-state index contributed by atoms with van der Waals surface area (Å²) in [6, 6.07) is 8.62. The lowest BCUT2D eigenvalue weighted by molar-refractivity contribution is 0.627. The number of rotatable bonds is 2. The van der Waals surface area contributed by atoms with Crippen LogP contribution < -0.4 is 0 Å². The molecule has 0 spiro atoms. The van der Waals surface area contributed by atoms with E-state index in [1.165, 1.54) is 12.1 Å². The summed E-state index contributed by atoms with van der Waals surface area (Å²) < 4.78 is 17.8. The Morgan fingerprint density at radius 3 is 3.00 bits per heavy atom. The lowest BCUT2D eigenvalue weighted by Crippen LogP contribution is -2.06. The second kappa shape index (κ2) is 5.59. The molecule has 7 heteroatoms. The fraction of sp³-hybridized carbons (Fsp3) is 0.158. The van der Waals surface area contributed by atoms with Gasteiger partial charge in [0.05, 0.1) is 29.9 Å². The van der Waals surface area contributed by atoms with Gasteiger partial charge in [0.1, 0.15) is 5.82 Å². The fourth-order valence-electron chi connectivity index (χ4n) is 3.36. The maximum absolute atomic E-state index is 14.0. The van der Waals surface area contributed by atoms with Gasteiger partial charge in [0.15, 0.2) is 11.6 Å². The molecule has 5 rings (SSSR count). The van der Waals surface area contributed by atoms with E-state index in [0.29, 0.717) is 30.2 Å². The summed E-state index contributed by atoms with van der Waals surface area (Å²) in [6.07, 6.45) is 5.89. The number of hydrogen-bond acceptors (Lipinski definition) is 4. The molecular weight excluding hydrogens is 331 g/mol. The number of nitrogens with zero attached hydrogens (tertiary/aromatic N) is 6. The van der Waals surface area contributed by atoms with Gasteiger partial charge >= 0.3 is 0 Å². The van der Waals surface area contributed by atoms with Crippen LogP contribution in [0.3, 0.4) is 0 Å². The van der Waals surface area contributed by atoms with E-state index in [4.69, 9.17) is 4.98 Å². The molecule has 0 N–H and O–H groups in total. The van der Waals surface area contributed by atoms with Crippen molar-refractivity contribution in [2.75, 3.05) is 0 Å². The fourth-order valence-corrected chi connectivity index (χ4v) is 3.36. The molecule has 0 bridgehead atoms. The Balaban J connectivity index is 1.68. The minimum absolute atomic E-state index is 0.299. The SMILES string of the molecule is Cc1ncn2c1Cn1nc(Cc3cccnc3)nc1-c1cc(F)ccc1-2. The van der Waals surface area contributed by atoms with Crippen LogP contribution in [0.5, 0.6) is 0 Å². The van der Waals surface area contributed by atoms with E-state index in [-0.39, 0.29) is 5.82 Å². The van der Waals surface area contributed by atoms with Crippen molar-refractivity contribution in [1.82, 2.24) is 29.3 Å². The van der Waals surface area contributed by atoms with E-state index < -0.39 is 0 Å². The molecule has 0 aliphatic carbocycles. The van der Waals surface area contributed by atoms with Crippen LogP contribution in [0.15, 0.2) is 49.1 Å². The predicted octanol–water partition coefficient (Wildman–Crippen LogP) is 2.93. The number of halogens is 1. The number of hydrogen-bond donors (Lipinski definition) is 0. The number of aryl methyl sites for hydroxylation is 1. The van der Waals surface area contributed by atoms with Crippen LogP contribution in [-0.2, 0) is 13.0 Å². The van der Waals surface area contributed by atoms with Crippen molar-refractivity contribution in [3.05, 3.63) is 77.6 Å². The number of fused-ring (bicyclic) bond motifs is 5. The third kappa shape index (κ3) is 2.32. The van der Waals surface area contributed by atoms with Crippen molar-refractivity contribution in [1.29, 1.82) is 0 Å². The van der Waals surface area contributed by atoms with Crippen molar-refractivity contribution in [2.24, 2.45) is 0 Å². The van der Waals surface area contributed by atoms with E-state index in [1.807, 2.05) is 28.3 Å². The molecule has 4 heterocycles. The first kappa shape index (κ1) is 14.9. The van der Waals surface area contributed by atoms with Crippen LogP contribution in [0.25, 0.3) is 17.1 Å². The number of aromatic nitrogens is 6. The molecule has 6 nitrogen and oxygen atoms in total. The van der Waals surface area contributed by atoms with Crippen molar-refractivity contribution in [2.45, 2.75) is 19.9 Å². The molecule has 3 aromatic heterocycles. The van der Waals surface area contributed by atoms with Crippen molar-refractivity contribution >= 4 is 0 Å². The Hall–Kier alpha value is -3.35. The normalized spacial score (nSPS) is 12.2. The Labute approximate surface area is 149 Å². The van der Waals surface area contributed by atoms with E-state index >= 15 is 0 Å². The maximum Gasteiger partial charge on any atom is 0.161 e. The molecule has 0 amide bonds. The van der Waals surface area contributed by atoms with Gasteiger partial charge in [0, 0.05) is 24.4 Å². The highest BCUT2D eigenvalue weighted by molar-refractivity contribution is 5.69. The third-order valence-corrected chi connectivity index (χ3v) is 4.63. The average Bonchev–Trinajstić information content (AvgIpc) is 3.17. The standard InChI is InChI=1S/C19H15FN6/c1-12-17-10-26-19(23-18(24-26)7-13-3-2-6-21-9-13)15-8-14(20)4-5-16(15)25(17)11-22-12/h2-6,8-9,11H,7,10H2,1H3. The first-order valence-electron chi connectivity index (χ1n) is 8.35. The Kier molecular flexibility index (Phi) is 3.21. The molecule has 0 atom stereocenters. The zero-order chi connectivity index (χ0) is 17.7. The summed E-state index contributed by atoms with van der Waals surface area (Å²) in [5.74, 6) is 1.06. The molecule has 0 fully saturated rings. The van der Waals surface area contributed by atoms with E-state index in [1.54, 1.807) is 24.8 Å². The van der Waals surface area contributed by atoms with E-state index in [2.05, 4.69) is 15.1 Å². The molecule has 1 aromatic carbocycles. The minimum atomic E-state index is -0.299. The molecule has 1 aliphatic heterocycles. The molecule has 0 saturated heterocycles. The zero-order valence-corrected chi connectivity index (χ0v) is 14.1. The highest BCUT2D eigenvalue weighted by atomic mass is 19.1. The molecule has 0 radical (unpaired) electrons. The summed E-state index contributed by atoms with van der Waals surface area (Å²) >= 11 is 0. The van der Waals surface area contributed by atoms with Gasteiger partial charge in [-0.15, -0.1) is 0 Å².